The fourth-order valence-electron chi connectivity index (χ4n) is 2.73. The van der Waals surface area contributed by atoms with Gasteiger partial charge < -0.3 is 11.1 Å². The van der Waals surface area contributed by atoms with Crippen molar-refractivity contribution in [2.45, 2.75) is 4.90 Å². The van der Waals surface area contributed by atoms with Crippen molar-refractivity contribution in [2.75, 3.05) is 11.1 Å². The van der Waals surface area contributed by atoms with Crippen LogP contribution in [0.1, 0.15) is 10.4 Å². The third-order valence-corrected chi connectivity index (χ3v) is 5.15. The van der Waals surface area contributed by atoms with Gasteiger partial charge in [0, 0.05) is 22.9 Å². The minimum Gasteiger partial charge on any atom is -0.366 e. The van der Waals surface area contributed by atoms with E-state index in [4.69, 9.17) is 5.73 Å². The van der Waals surface area contributed by atoms with Crippen molar-refractivity contribution < 1.29 is 14.5 Å². The molecule has 0 spiro atoms. The Morgan fingerprint density at radius 3 is 2.38 bits per heavy atom. The van der Waals surface area contributed by atoms with Crippen molar-refractivity contribution in [1.29, 1.82) is 0 Å². The van der Waals surface area contributed by atoms with Crippen LogP contribution in [-0.2, 0) is 4.79 Å². The summed E-state index contributed by atoms with van der Waals surface area (Å²) >= 11 is 1.02. The molecule has 0 bridgehead atoms. The van der Waals surface area contributed by atoms with Gasteiger partial charge in [0.15, 0.2) is 0 Å². The zero-order valence-corrected chi connectivity index (χ0v) is 16.0. The summed E-state index contributed by atoms with van der Waals surface area (Å²) in [6.45, 7) is 0. The van der Waals surface area contributed by atoms with Crippen LogP contribution in [0.15, 0.2) is 77.7 Å². The summed E-state index contributed by atoms with van der Waals surface area (Å²) in [7, 11) is 0. The van der Waals surface area contributed by atoms with Gasteiger partial charge in [0.05, 0.1) is 15.6 Å². The molecule has 3 N–H and O–H groups in total. The average Bonchev–Trinajstić information content (AvgIpc) is 2.73. The normalized spacial score (nSPS) is 10.3. The van der Waals surface area contributed by atoms with E-state index in [9.17, 15) is 19.7 Å². The quantitative estimate of drug-likeness (QED) is 0.348. The number of hydrogen-bond donors (Lipinski definition) is 2. The minimum absolute atomic E-state index is 0.0279. The third-order valence-electron chi connectivity index (χ3n) is 4.08. The Bertz CT molecular complexity index is 1070. The summed E-state index contributed by atoms with van der Waals surface area (Å²) in [6, 6.07) is 21.0. The second-order valence-electron chi connectivity index (χ2n) is 6.05. The van der Waals surface area contributed by atoms with Gasteiger partial charge in [-0.05, 0) is 23.8 Å². The SMILES string of the molecule is NC(=O)c1ccc(SCC(=O)Nc2ccccc2-c2ccccc2)c([N+](=O)[O-])c1. The monoisotopic (exact) mass is 407 g/mol. The lowest BCUT2D eigenvalue weighted by atomic mass is 10.0. The Morgan fingerprint density at radius 2 is 1.69 bits per heavy atom. The van der Waals surface area contributed by atoms with Crippen molar-refractivity contribution >= 4 is 35.0 Å². The van der Waals surface area contributed by atoms with Crippen molar-refractivity contribution in [2.24, 2.45) is 5.73 Å². The predicted octanol–water partition coefficient (Wildman–Crippen LogP) is 4.09. The van der Waals surface area contributed by atoms with E-state index in [1.54, 1.807) is 6.07 Å². The standard InChI is InChI=1S/C21H17N3O4S/c22-21(26)15-10-11-19(18(12-15)24(27)28)29-13-20(25)23-17-9-5-4-8-16(17)14-6-2-1-3-7-14/h1-12H,13H2,(H2,22,26)(H,23,25). The van der Waals surface area contributed by atoms with Gasteiger partial charge in [0.2, 0.25) is 11.8 Å². The van der Waals surface area contributed by atoms with E-state index in [1.165, 1.54) is 12.1 Å². The van der Waals surface area contributed by atoms with E-state index in [2.05, 4.69) is 5.32 Å². The molecule has 0 saturated heterocycles. The van der Waals surface area contributed by atoms with Gasteiger partial charge in [-0.25, -0.2) is 0 Å². The smallest absolute Gasteiger partial charge is 0.283 e. The molecule has 2 amide bonds. The number of primary amides is 1. The van der Waals surface area contributed by atoms with E-state index < -0.39 is 10.8 Å². The lowest BCUT2D eigenvalue weighted by Gasteiger charge is -2.11. The molecule has 3 aromatic rings. The van der Waals surface area contributed by atoms with Crippen LogP contribution in [-0.4, -0.2) is 22.5 Å². The molecule has 0 atom stereocenters. The third kappa shape index (κ3) is 4.99. The number of nitro groups is 1. The Kier molecular flexibility index (Phi) is 6.25. The molecule has 0 aliphatic rings. The summed E-state index contributed by atoms with van der Waals surface area (Å²) in [6.07, 6.45) is 0. The van der Waals surface area contributed by atoms with E-state index in [-0.39, 0.29) is 27.8 Å². The van der Waals surface area contributed by atoms with Crippen LogP contribution >= 0.6 is 11.8 Å². The first-order chi connectivity index (χ1) is 14.0. The number of nitrogens with zero attached hydrogens (tertiary/aromatic N) is 1. The molecule has 3 rings (SSSR count). The maximum Gasteiger partial charge on any atom is 0.283 e. The Hall–Kier alpha value is -3.65. The van der Waals surface area contributed by atoms with Gasteiger partial charge in [-0.1, -0.05) is 48.5 Å². The van der Waals surface area contributed by atoms with Gasteiger partial charge in [0.1, 0.15) is 0 Å². The predicted molar refractivity (Wildman–Crippen MR) is 113 cm³/mol. The minimum atomic E-state index is -0.750. The van der Waals surface area contributed by atoms with Crippen LogP contribution in [0.25, 0.3) is 11.1 Å². The molecule has 0 saturated carbocycles. The summed E-state index contributed by atoms with van der Waals surface area (Å²) in [5, 5.41) is 14.1. The first-order valence-electron chi connectivity index (χ1n) is 8.61. The molecule has 0 aliphatic carbocycles. The number of amides is 2. The summed E-state index contributed by atoms with van der Waals surface area (Å²) in [4.78, 5) is 34.6. The number of benzene rings is 3. The molecule has 0 fully saturated rings. The second kappa shape index (κ2) is 9.03. The van der Waals surface area contributed by atoms with Crippen molar-refractivity contribution in [3.05, 3.63) is 88.5 Å². The zero-order valence-electron chi connectivity index (χ0n) is 15.2. The first kappa shape index (κ1) is 20.1. The molecule has 146 valence electrons. The van der Waals surface area contributed by atoms with Crippen molar-refractivity contribution in [1.82, 2.24) is 0 Å². The number of nitro benzene ring substituents is 1. The molecular formula is C21H17N3O4S. The topological polar surface area (TPSA) is 115 Å². The number of nitrogens with two attached hydrogens (primary N) is 1. The summed E-state index contributed by atoms with van der Waals surface area (Å²) in [5.74, 6) is -1.08. The maximum atomic E-state index is 12.4. The van der Waals surface area contributed by atoms with Crippen LogP contribution in [0.3, 0.4) is 0 Å². The molecule has 29 heavy (non-hydrogen) atoms. The van der Waals surface area contributed by atoms with E-state index in [1.807, 2.05) is 48.5 Å². The lowest BCUT2D eigenvalue weighted by molar-refractivity contribution is -0.387. The average molecular weight is 407 g/mol. The van der Waals surface area contributed by atoms with Crippen molar-refractivity contribution in [3.8, 4) is 11.1 Å². The number of thioether (sulfide) groups is 1. The van der Waals surface area contributed by atoms with Crippen molar-refractivity contribution in [3.63, 3.8) is 0 Å². The van der Waals surface area contributed by atoms with E-state index >= 15 is 0 Å². The second-order valence-corrected chi connectivity index (χ2v) is 7.07. The molecule has 8 heteroatoms. The molecule has 7 nitrogen and oxygen atoms in total. The molecule has 0 radical (unpaired) electrons. The van der Waals surface area contributed by atoms with E-state index in [0.29, 0.717) is 5.69 Å². The lowest BCUT2D eigenvalue weighted by Crippen LogP contribution is -2.15. The van der Waals surface area contributed by atoms with E-state index in [0.717, 1.165) is 29.0 Å². The van der Waals surface area contributed by atoms with Crippen LogP contribution < -0.4 is 11.1 Å². The summed E-state index contributed by atoms with van der Waals surface area (Å²) < 4.78 is 0. The van der Waals surface area contributed by atoms with Gasteiger partial charge in [-0.2, -0.15) is 0 Å². The number of carbonyl (C=O) groups is 2. The van der Waals surface area contributed by atoms with Crippen LogP contribution in [0.2, 0.25) is 0 Å². The van der Waals surface area contributed by atoms with Crippen LogP contribution in [0.5, 0.6) is 0 Å². The Balaban J connectivity index is 1.73. The first-order valence-corrected chi connectivity index (χ1v) is 9.59. The zero-order chi connectivity index (χ0) is 20.8. The number of carbonyl (C=O) groups excluding carboxylic acids is 2. The molecule has 0 aromatic heterocycles. The number of para-hydroxylation sites is 1. The maximum absolute atomic E-state index is 12.4. The highest BCUT2D eigenvalue weighted by molar-refractivity contribution is 8.00. The van der Waals surface area contributed by atoms with Gasteiger partial charge >= 0.3 is 0 Å². The molecular weight excluding hydrogens is 390 g/mol. The number of anilines is 1. The number of rotatable bonds is 7. The van der Waals surface area contributed by atoms with Crippen LogP contribution in [0, 0.1) is 10.1 Å². The molecule has 0 aliphatic heterocycles. The summed E-state index contributed by atoms with van der Waals surface area (Å²) in [5.41, 5.74) is 7.45. The van der Waals surface area contributed by atoms with Crippen LogP contribution in [0.4, 0.5) is 11.4 Å². The molecule has 3 aromatic carbocycles. The molecule has 0 heterocycles. The Morgan fingerprint density at radius 1 is 1.00 bits per heavy atom. The highest BCUT2D eigenvalue weighted by Gasteiger charge is 2.18. The molecule has 0 unspecified atom stereocenters. The largest absolute Gasteiger partial charge is 0.366 e. The van der Waals surface area contributed by atoms with Gasteiger partial charge in [-0.3, -0.25) is 19.7 Å². The highest BCUT2D eigenvalue weighted by Crippen LogP contribution is 2.31. The van der Waals surface area contributed by atoms with Gasteiger partial charge in [-0.15, -0.1) is 11.8 Å². The fraction of sp³-hybridized carbons (Fsp3) is 0.0476. The fourth-order valence-corrected chi connectivity index (χ4v) is 3.53. The van der Waals surface area contributed by atoms with Gasteiger partial charge in [0.25, 0.3) is 5.69 Å². The number of nitrogens with one attached hydrogen (secondary N) is 1. The Labute approximate surface area is 171 Å². The highest BCUT2D eigenvalue weighted by atomic mass is 32.2. The number of hydrogen-bond acceptors (Lipinski definition) is 5.